The van der Waals surface area contributed by atoms with Gasteiger partial charge in [0, 0.05) is 24.4 Å². The van der Waals surface area contributed by atoms with Gasteiger partial charge >= 0.3 is 6.18 Å². The minimum absolute atomic E-state index is 0.233. The van der Waals surface area contributed by atoms with Crippen LogP contribution in [-0.2, 0) is 11.0 Å². The fourth-order valence-electron chi connectivity index (χ4n) is 2.43. The maximum absolute atomic E-state index is 12.8. The Kier molecular flexibility index (Phi) is 6.36. The van der Waals surface area contributed by atoms with Gasteiger partial charge in [-0.1, -0.05) is 23.3 Å². The zero-order valence-corrected chi connectivity index (χ0v) is 17.1. The number of hydrogen-bond acceptors (Lipinski definition) is 5. The monoisotopic (exact) mass is 444 g/mol. The number of pyridine rings is 1. The number of aromatic nitrogens is 2. The van der Waals surface area contributed by atoms with Gasteiger partial charge in [0.2, 0.25) is 5.91 Å². The van der Waals surface area contributed by atoms with Gasteiger partial charge in [-0.05, 0) is 42.7 Å². The first-order valence-electron chi connectivity index (χ1n) is 8.82. The Hall–Kier alpha value is -3.71. The van der Waals surface area contributed by atoms with Crippen LogP contribution in [0.3, 0.4) is 0 Å². The van der Waals surface area contributed by atoms with E-state index in [-0.39, 0.29) is 11.6 Å². The predicted molar refractivity (Wildman–Crippen MR) is 111 cm³/mol. The number of hydrogen-bond donors (Lipinski definition) is 2. The molecule has 0 unspecified atom stereocenters. The maximum atomic E-state index is 12.8. The highest BCUT2D eigenvalue weighted by atomic mass is 32.1. The van der Waals surface area contributed by atoms with Crippen LogP contribution in [0.5, 0.6) is 0 Å². The van der Waals surface area contributed by atoms with Crippen molar-refractivity contribution in [1.29, 1.82) is 0 Å². The summed E-state index contributed by atoms with van der Waals surface area (Å²) in [6.07, 6.45) is -2.10. The molecule has 1 aromatic carbocycles. The first-order chi connectivity index (χ1) is 14.6. The summed E-state index contributed by atoms with van der Waals surface area (Å²) in [6, 6.07) is 6.46. The number of amides is 2. The Bertz CT molecular complexity index is 1210. The molecule has 0 radical (unpaired) electrons. The van der Waals surface area contributed by atoms with Crippen molar-refractivity contribution < 1.29 is 22.8 Å². The molecule has 31 heavy (non-hydrogen) atoms. The fourth-order valence-corrected chi connectivity index (χ4v) is 3.15. The highest BCUT2D eigenvalue weighted by Gasteiger charge is 2.31. The van der Waals surface area contributed by atoms with Crippen molar-refractivity contribution in [1.82, 2.24) is 9.97 Å². The molecule has 2 N–H and O–H groups in total. The topological polar surface area (TPSA) is 84.0 Å². The molecule has 0 fully saturated rings. The summed E-state index contributed by atoms with van der Waals surface area (Å²) in [6.45, 7) is 3.21. The highest BCUT2D eigenvalue weighted by molar-refractivity contribution is 7.16. The van der Waals surface area contributed by atoms with Gasteiger partial charge in [-0.15, -0.1) is 0 Å². The second-order valence-electron chi connectivity index (χ2n) is 6.37. The van der Waals surface area contributed by atoms with E-state index >= 15 is 0 Å². The summed E-state index contributed by atoms with van der Waals surface area (Å²) in [5, 5.41) is 5.54. The summed E-state index contributed by atoms with van der Waals surface area (Å²) in [7, 11) is 0. The molecular formula is C21H15F3N4O2S. The first kappa shape index (κ1) is 22.0. The minimum atomic E-state index is -4.57. The number of alkyl halides is 3. The highest BCUT2D eigenvalue weighted by Crippen LogP contribution is 2.29. The number of anilines is 2. The van der Waals surface area contributed by atoms with Crippen molar-refractivity contribution in [3.05, 3.63) is 70.0 Å². The van der Waals surface area contributed by atoms with Crippen molar-refractivity contribution in [2.45, 2.75) is 20.0 Å². The normalized spacial score (nSPS) is 10.7. The van der Waals surface area contributed by atoms with Crippen LogP contribution < -0.4 is 10.6 Å². The third-order valence-corrected chi connectivity index (χ3v) is 4.75. The number of carbonyl (C=O) groups excluding carboxylic acids is 2. The first-order valence-corrected chi connectivity index (χ1v) is 9.64. The van der Waals surface area contributed by atoms with Gasteiger partial charge in [-0.25, -0.2) is 4.98 Å². The van der Waals surface area contributed by atoms with Crippen LogP contribution in [0.15, 0.2) is 42.7 Å². The molecule has 0 aliphatic heterocycles. The largest absolute Gasteiger partial charge is 0.416 e. The molecule has 0 saturated carbocycles. The molecule has 3 rings (SSSR count). The average molecular weight is 444 g/mol. The van der Waals surface area contributed by atoms with E-state index in [1.54, 1.807) is 18.2 Å². The molecule has 3 aromatic rings. The summed E-state index contributed by atoms with van der Waals surface area (Å²) < 4.78 is 38.5. The Morgan fingerprint density at radius 2 is 1.84 bits per heavy atom. The second kappa shape index (κ2) is 8.97. The Balaban J connectivity index is 1.78. The molecule has 2 aromatic heterocycles. The molecule has 2 heterocycles. The van der Waals surface area contributed by atoms with Crippen LogP contribution in [-0.4, -0.2) is 21.8 Å². The van der Waals surface area contributed by atoms with Crippen LogP contribution in [0.25, 0.3) is 0 Å². The molecule has 2 amide bonds. The lowest BCUT2D eigenvalue weighted by Gasteiger charge is -2.09. The van der Waals surface area contributed by atoms with Gasteiger partial charge in [0.25, 0.3) is 5.91 Å². The molecule has 0 aliphatic rings. The zero-order chi connectivity index (χ0) is 22.6. The van der Waals surface area contributed by atoms with Gasteiger partial charge in [0.1, 0.15) is 5.69 Å². The van der Waals surface area contributed by atoms with Crippen molar-refractivity contribution in [3.63, 3.8) is 0 Å². The molecular weight excluding hydrogens is 429 g/mol. The Morgan fingerprint density at radius 3 is 2.55 bits per heavy atom. The van der Waals surface area contributed by atoms with E-state index in [9.17, 15) is 22.8 Å². The molecule has 0 saturated heterocycles. The molecule has 10 heteroatoms. The minimum Gasteiger partial charge on any atom is -0.321 e. The fraction of sp³-hybridized carbons (Fsp3) is 0.143. The van der Waals surface area contributed by atoms with Gasteiger partial charge in [-0.2, -0.15) is 13.2 Å². The number of benzene rings is 1. The van der Waals surface area contributed by atoms with Gasteiger partial charge in [0.15, 0.2) is 5.13 Å². The van der Waals surface area contributed by atoms with E-state index in [1.165, 1.54) is 24.5 Å². The predicted octanol–water partition coefficient (Wildman–Crippen LogP) is 4.48. The Morgan fingerprint density at radius 1 is 1.06 bits per heavy atom. The molecule has 0 bridgehead atoms. The summed E-state index contributed by atoms with van der Waals surface area (Å²) >= 11 is 1.22. The van der Waals surface area contributed by atoms with Crippen molar-refractivity contribution in [3.8, 4) is 11.8 Å². The third-order valence-electron chi connectivity index (χ3n) is 3.92. The van der Waals surface area contributed by atoms with Crippen molar-refractivity contribution >= 4 is 34.0 Å². The van der Waals surface area contributed by atoms with Crippen LogP contribution in [0.1, 0.15) is 39.0 Å². The smallest absolute Gasteiger partial charge is 0.321 e. The van der Waals surface area contributed by atoms with Crippen molar-refractivity contribution in [2.24, 2.45) is 0 Å². The zero-order valence-electron chi connectivity index (χ0n) is 16.3. The lowest BCUT2D eigenvalue weighted by Crippen LogP contribution is -2.15. The van der Waals surface area contributed by atoms with Crippen molar-refractivity contribution in [2.75, 3.05) is 10.6 Å². The van der Waals surface area contributed by atoms with E-state index in [4.69, 9.17) is 0 Å². The van der Waals surface area contributed by atoms with Gasteiger partial charge < -0.3 is 10.6 Å². The molecule has 6 nitrogen and oxygen atoms in total. The van der Waals surface area contributed by atoms with Crippen LogP contribution >= 0.6 is 11.3 Å². The maximum Gasteiger partial charge on any atom is 0.416 e. The lowest BCUT2D eigenvalue weighted by molar-refractivity contribution is -0.137. The van der Waals surface area contributed by atoms with E-state index in [1.807, 2.05) is 6.92 Å². The van der Waals surface area contributed by atoms with Gasteiger partial charge in [-0.3, -0.25) is 14.6 Å². The van der Waals surface area contributed by atoms with Crippen LogP contribution in [0.4, 0.5) is 24.0 Å². The standard InChI is InChI=1S/C21H15F3N4O2S/c1-12-3-5-16(28-19(30)18-10-15(7-8-25-18)21(22,23)24)9-14(12)4-6-17-11-26-20(31-17)27-13(2)29/h3,5,7-11H,1-2H3,(H,28,30)(H,26,27,29). The van der Waals surface area contributed by atoms with E-state index in [2.05, 4.69) is 32.4 Å². The van der Waals surface area contributed by atoms with E-state index in [0.29, 0.717) is 27.3 Å². The molecule has 158 valence electrons. The number of nitrogens with zero attached hydrogens (tertiary/aromatic N) is 2. The third kappa shape index (κ3) is 5.90. The average Bonchev–Trinajstić information content (AvgIpc) is 3.14. The number of aryl methyl sites for hydroxylation is 1. The number of rotatable bonds is 3. The molecule has 0 aliphatic carbocycles. The molecule has 0 atom stereocenters. The quantitative estimate of drug-likeness (QED) is 0.584. The second-order valence-corrected chi connectivity index (χ2v) is 7.40. The SMILES string of the molecule is CC(=O)Nc1ncc(C#Cc2cc(NC(=O)c3cc(C(F)(F)F)ccn3)ccc2C)s1. The van der Waals surface area contributed by atoms with E-state index in [0.717, 1.165) is 17.8 Å². The Labute approximate surface area is 179 Å². The summed E-state index contributed by atoms with van der Waals surface area (Å²) in [5.74, 6) is 4.91. The summed E-state index contributed by atoms with van der Waals surface area (Å²) in [5.41, 5.74) is 0.519. The number of carbonyl (C=O) groups is 2. The van der Waals surface area contributed by atoms with Crippen LogP contribution in [0.2, 0.25) is 0 Å². The summed E-state index contributed by atoms with van der Waals surface area (Å²) in [4.78, 5) is 31.8. The number of thiazole rings is 1. The lowest BCUT2D eigenvalue weighted by atomic mass is 10.1. The van der Waals surface area contributed by atoms with Crippen LogP contribution in [0, 0.1) is 18.8 Å². The number of halogens is 3. The number of nitrogens with one attached hydrogen (secondary N) is 2. The van der Waals surface area contributed by atoms with Gasteiger partial charge in [0.05, 0.1) is 16.6 Å². The molecule has 0 spiro atoms. The van der Waals surface area contributed by atoms with E-state index < -0.39 is 17.6 Å².